The van der Waals surface area contributed by atoms with Crippen molar-refractivity contribution in [2.75, 3.05) is 13.7 Å². The number of rotatable bonds is 4. The first-order valence-electron chi connectivity index (χ1n) is 7.99. The number of hydrogen-bond donors (Lipinski definition) is 2. The molecule has 0 aliphatic heterocycles. The molecule has 1 atom stereocenters. The fourth-order valence-corrected chi connectivity index (χ4v) is 3.22. The van der Waals surface area contributed by atoms with E-state index in [0.29, 0.717) is 17.9 Å². The highest BCUT2D eigenvalue weighted by Gasteiger charge is 2.21. The minimum Gasteiger partial charge on any atom is -0.497 e. The number of guanidine groups is 1. The van der Waals surface area contributed by atoms with Gasteiger partial charge in [0.1, 0.15) is 5.75 Å². The van der Waals surface area contributed by atoms with Crippen LogP contribution < -0.4 is 15.8 Å². The SMILES string of the molecule is COc1ccc2c(c1)CCCC2CN=C(N)NC1CCC1. The molecule has 1 aromatic carbocycles. The van der Waals surface area contributed by atoms with Crippen molar-refractivity contribution in [3.05, 3.63) is 29.3 Å². The normalized spacial score (nSPS) is 22.3. The lowest BCUT2D eigenvalue weighted by molar-refractivity contribution is 0.382. The second-order valence-electron chi connectivity index (χ2n) is 6.15. The molecule has 3 rings (SSSR count). The molecule has 0 heterocycles. The fourth-order valence-electron chi connectivity index (χ4n) is 3.22. The van der Waals surface area contributed by atoms with Crippen molar-refractivity contribution in [2.45, 2.75) is 50.5 Å². The molecule has 0 spiro atoms. The lowest BCUT2D eigenvalue weighted by Crippen LogP contribution is -2.43. The summed E-state index contributed by atoms with van der Waals surface area (Å²) in [6, 6.07) is 6.97. The van der Waals surface area contributed by atoms with E-state index in [1.54, 1.807) is 7.11 Å². The monoisotopic (exact) mass is 287 g/mol. The van der Waals surface area contributed by atoms with Gasteiger partial charge < -0.3 is 15.8 Å². The first kappa shape index (κ1) is 14.2. The first-order valence-corrected chi connectivity index (χ1v) is 7.99. The van der Waals surface area contributed by atoms with E-state index in [0.717, 1.165) is 18.7 Å². The summed E-state index contributed by atoms with van der Waals surface area (Å²) >= 11 is 0. The number of benzene rings is 1. The first-order chi connectivity index (χ1) is 10.3. The van der Waals surface area contributed by atoms with Crippen molar-refractivity contribution in [1.29, 1.82) is 0 Å². The Kier molecular flexibility index (Phi) is 4.32. The van der Waals surface area contributed by atoms with Gasteiger partial charge in [-0.15, -0.1) is 0 Å². The van der Waals surface area contributed by atoms with Gasteiger partial charge in [0.25, 0.3) is 0 Å². The van der Waals surface area contributed by atoms with Gasteiger partial charge in [-0.1, -0.05) is 6.07 Å². The Hall–Kier alpha value is -1.71. The van der Waals surface area contributed by atoms with Crippen LogP contribution in [0.3, 0.4) is 0 Å². The summed E-state index contributed by atoms with van der Waals surface area (Å²) in [6.07, 6.45) is 7.31. The van der Waals surface area contributed by atoms with Gasteiger partial charge in [-0.25, -0.2) is 0 Å². The minimum atomic E-state index is 0.487. The minimum absolute atomic E-state index is 0.487. The van der Waals surface area contributed by atoms with Crippen LogP contribution in [-0.2, 0) is 6.42 Å². The summed E-state index contributed by atoms with van der Waals surface area (Å²) in [5.74, 6) is 2.05. The third kappa shape index (κ3) is 3.31. The number of fused-ring (bicyclic) bond motifs is 1. The van der Waals surface area contributed by atoms with Crippen molar-refractivity contribution in [3.8, 4) is 5.75 Å². The molecular formula is C17H25N3O. The molecule has 1 unspecified atom stereocenters. The number of methoxy groups -OCH3 is 1. The standard InChI is InChI=1S/C17H25N3O/c1-21-15-8-9-16-12(10-15)4-2-5-13(16)11-19-17(18)20-14-6-3-7-14/h8-10,13-14H,2-7,11H2,1H3,(H3,18,19,20). The van der Waals surface area contributed by atoms with E-state index in [-0.39, 0.29) is 0 Å². The van der Waals surface area contributed by atoms with Crippen LogP contribution in [0.4, 0.5) is 0 Å². The van der Waals surface area contributed by atoms with E-state index in [2.05, 4.69) is 28.5 Å². The Morgan fingerprint density at radius 3 is 2.90 bits per heavy atom. The molecule has 0 aromatic heterocycles. The quantitative estimate of drug-likeness (QED) is 0.661. The van der Waals surface area contributed by atoms with Crippen molar-refractivity contribution >= 4 is 5.96 Å². The second kappa shape index (κ2) is 6.37. The molecule has 0 radical (unpaired) electrons. The maximum absolute atomic E-state index is 5.99. The maximum Gasteiger partial charge on any atom is 0.188 e. The average Bonchev–Trinajstić information content (AvgIpc) is 2.48. The molecule has 4 nitrogen and oxygen atoms in total. The largest absolute Gasteiger partial charge is 0.497 e. The average molecular weight is 287 g/mol. The molecule has 2 aliphatic carbocycles. The number of hydrogen-bond acceptors (Lipinski definition) is 2. The van der Waals surface area contributed by atoms with E-state index >= 15 is 0 Å². The highest BCUT2D eigenvalue weighted by molar-refractivity contribution is 5.78. The number of nitrogens with two attached hydrogens (primary N) is 1. The maximum atomic E-state index is 5.99. The van der Waals surface area contributed by atoms with Crippen LogP contribution in [0, 0.1) is 0 Å². The zero-order valence-electron chi connectivity index (χ0n) is 12.8. The van der Waals surface area contributed by atoms with E-state index in [9.17, 15) is 0 Å². The molecule has 3 N–H and O–H groups in total. The molecule has 0 amide bonds. The molecule has 1 fully saturated rings. The molecule has 0 bridgehead atoms. The summed E-state index contributed by atoms with van der Waals surface area (Å²) in [6.45, 7) is 0.783. The van der Waals surface area contributed by atoms with Crippen LogP contribution in [0.5, 0.6) is 5.75 Å². The lowest BCUT2D eigenvalue weighted by atomic mass is 9.83. The fraction of sp³-hybridized carbons (Fsp3) is 0.588. The van der Waals surface area contributed by atoms with Crippen LogP contribution in [0.2, 0.25) is 0 Å². The van der Waals surface area contributed by atoms with Gasteiger partial charge in [0.2, 0.25) is 0 Å². The molecule has 1 aromatic rings. The number of nitrogens with zero attached hydrogens (tertiary/aromatic N) is 1. The molecular weight excluding hydrogens is 262 g/mol. The van der Waals surface area contributed by atoms with Gasteiger partial charge in [0.15, 0.2) is 5.96 Å². The number of aliphatic imine (C=N–C) groups is 1. The van der Waals surface area contributed by atoms with Crippen LogP contribution in [0.1, 0.15) is 49.1 Å². The topological polar surface area (TPSA) is 59.6 Å². The van der Waals surface area contributed by atoms with E-state index in [1.807, 2.05) is 0 Å². The van der Waals surface area contributed by atoms with E-state index in [4.69, 9.17) is 10.5 Å². The summed E-state index contributed by atoms with van der Waals surface area (Å²) in [7, 11) is 1.72. The van der Waals surface area contributed by atoms with Crippen LogP contribution >= 0.6 is 0 Å². The van der Waals surface area contributed by atoms with Crippen LogP contribution in [-0.4, -0.2) is 25.7 Å². The highest BCUT2D eigenvalue weighted by atomic mass is 16.5. The van der Waals surface area contributed by atoms with Gasteiger partial charge in [-0.05, 0) is 61.8 Å². The molecule has 1 saturated carbocycles. The van der Waals surface area contributed by atoms with Crippen LogP contribution in [0.15, 0.2) is 23.2 Å². The summed E-state index contributed by atoms with van der Waals surface area (Å²) in [4.78, 5) is 4.56. The zero-order chi connectivity index (χ0) is 14.7. The molecule has 2 aliphatic rings. The zero-order valence-corrected chi connectivity index (χ0v) is 12.8. The van der Waals surface area contributed by atoms with E-state index < -0.39 is 0 Å². The number of ether oxygens (including phenoxy) is 1. The van der Waals surface area contributed by atoms with Crippen molar-refractivity contribution in [2.24, 2.45) is 10.7 Å². The molecule has 21 heavy (non-hydrogen) atoms. The molecule has 0 saturated heterocycles. The number of aryl methyl sites for hydroxylation is 1. The van der Waals surface area contributed by atoms with Crippen molar-refractivity contribution in [1.82, 2.24) is 5.32 Å². The third-order valence-electron chi connectivity index (χ3n) is 4.73. The summed E-state index contributed by atoms with van der Waals surface area (Å²) in [5, 5.41) is 3.31. The lowest BCUT2D eigenvalue weighted by Gasteiger charge is -2.27. The summed E-state index contributed by atoms with van der Waals surface area (Å²) < 4.78 is 5.32. The number of nitrogens with one attached hydrogen (secondary N) is 1. The predicted octanol–water partition coefficient (Wildman–Crippen LogP) is 2.57. The smallest absolute Gasteiger partial charge is 0.188 e. The van der Waals surface area contributed by atoms with Gasteiger partial charge in [0.05, 0.1) is 7.11 Å². The van der Waals surface area contributed by atoms with Gasteiger partial charge in [-0.3, -0.25) is 4.99 Å². The Bertz CT molecular complexity index is 523. The van der Waals surface area contributed by atoms with Gasteiger partial charge in [0, 0.05) is 18.5 Å². The molecule has 114 valence electrons. The third-order valence-corrected chi connectivity index (χ3v) is 4.73. The van der Waals surface area contributed by atoms with Gasteiger partial charge >= 0.3 is 0 Å². The highest BCUT2D eigenvalue weighted by Crippen LogP contribution is 2.33. The Labute approximate surface area is 126 Å². The van der Waals surface area contributed by atoms with Crippen LogP contribution in [0.25, 0.3) is 0 Å². The summed E-state index contributed by atoms with van der Waals surface area (Å²) in [5.41, 5.74) is 8.81. The van der Waals surface area contributed by atoms with Crippen molar-refractivity contribution in [3.63, 3.8) is 0 Å². The Balaban J connectivity index is 1.65. The molecule has 4 heteroatoms. The second-order valence-corrected chi connectivity index (χ2v) is 6.15. The van der Waals surface area contributed by atoms with E-state index in [1.165, 1.54) is 43.2 Å². The van der Waals surface area contributed by atoms with Crippen molar-refractivity contribution < 1.29 is 4.74 Å². The Morgan fingerprint density at radius 2 is 2.19 bits per heavy atom. The predicted molar refractivity (Wildman–Crippen MR) is 85.9 cm³/mol. The van der Waals surface area contributed by atoms with Gasteiger partial charge in [-0.2, -0.15) is 0 Å². The Morgan fingerprint density at radius 1 is 1.33 bits per heavy atom.